The van der Waals surface area contributed by atoms with Gasteiger partial charge in [0.2, 0.25) is 0 Å². The number of hydrogen-bond donors (Lipinski definition) is 2. The zero-order valence-corrected chi connectivity index (χ0v) is 22.2. The lowest BCUT2D eigenvalue weighted by Gasteiger charge is -2.51. The molecule has 0 radical (unpaired) electrons. The van der Waals surface area contributed by atoms with Crippen LogP contribution in [0.1, 0.15) is 72.8 Å². The van der Waals surface area contributed by atoms with Crippen LogP contribution in [-0.4, -0.2) is 24.2 Å². The molecule has 6 nitrogen and oxygen atoms in total. The highest BCUT2D eigenvalue weighted by Crippen LogP contribution is 2.49. The van der Waals surface area contributed by atoms with E-state index in [1.165, 1.54) is 11.1 Å². The number of para-hydroxylation sites is 1. The molecule has 2 aliphatic rings. The molecule has 2 bridgehead atoms. The Kier molecular flexibility index (Phi) is 6.22. The maximum atomic E-state index is 13.4. The van der Waals surface area contributed by atoms with Gasteiger partial charge in [0.05, 0.1) is 11.7 Å². The fourth-order valence-electron chi connectivity index (χ4n) is 5.33. The highest BCUT2D eigenvalue weighted by Gasteiger charge is 2.50. The molecule has 1 fully saturated rings. The maximum absolute atomic E-state index is 13.4. The standard InChI is InChI=1S/C31H35N3O3/c1-20-12-14-21(15-13-20)16-17-32-28(35)22-8-6-9-23(18-22)34-29(36)33-26-19-31(34,5)37-27-24(26)10-7-11-25(27)30(2,3)4/h6-15,18,26H,16-17,19H2,1-5H3,(H,32,35)(H,33,36)/t26?,31-/m1/s1. The number of ether oxygens (including phenoxy) is 1. The van der Waals surface area contributed by atoms with Gasteiger partial charge in [-0.25, -0.2) is 4.79 Å². The number of rotatable bonds is 5. The molecule has 37 heavy (non-hydrogen) atoms. The third kappa shape index (κ3) is 4.80. The predicted octanol–water partition coefficient (Wildman–Crippen LogP) is 6.03. The molecule has 6 heteroatoms. The Hall–Kier alpha value is -3.80. The van der Waals surface area contributed by atoms with E-state index in [1.807, 2.05) is 31.2 Å². The lowest BCUT2D eigenvalue weighted by molar-refractivity contribution is 0.0358. The van der Waals surface area contributed by atoms with E-state index in [-0.39, 0.29) is 23.4 Å². The average Bonchev–Trinajstić information content (AvgIpc) is 2.84. The fourth-order valence-corrected chi connectivity index (χ4v) is 5.33. The Morgan fingerprint density at radius 2 is 1.84 bits per heavy atom. The Balaban J connectivity index is 1.38. The topological polar surface area (TPSA) is 70.7 Å². The first-order valence-corrected chi connectivity index (χ1v) is 12.9. The molecule has 2 N–H and O–H groups in total. The van der Waals surface area contributed by atoms with E-state index in [9.17, 15) is 9.59 Å². The lowest BCUT2D eigenvalue weighted by Crippen LogP contribution is -2.65. The minimum Gasteiger partial charge on any atom is -0.467 e. The monoisotopic (exact) mass is 497 g/mol. The van der Waals surface area contributed by atoms with Crippen molar-refractivity contribution in [3.05, 3.63) is 94.5 Å². The van der Waals surface area contributed by atoms with Crippen LogP contribution in [0.5, 0.6) is 5.75 Å². The van der Waals surface area contributed by atoms with Gasteiger partial charge in [-0.2, -0.15) is 0 Å². The second-order valence-corrected chi connectivity index (χ2v) is 11.3. The highest BCUT2D eigenvalue weighted by molar-refractivity contribution is 5.99. The van der Waals surface area contributed by atoms with Crippen molar-refractivity contribution in [2.45, 2.75) is 64.6 Å². The van der Waals surface area contributed by atoms with Crippen molar-refractivity contribution in [2.24, 2.45) is 0 Å². The van der Waals surface area contributed by atoms with Crippen LogP contribution in [0.25, 0.3) is 0 Å². The van der Waals surface area contributed by atoms with Crippen LogP contribution in [0.4, 0.5) is 10.5 Å². The molecule has 1 unspecified atom stereocenters. The van der Waals surface area contributed by atoms with Gasteiger partial charge >= 0.3 is 6.03 Å². The van der Waals surface area contributed by atoms with Gasteiger partial charge in [-0.3, -0.25) is 9.69 Å². The summed E-state index contributed by atoms with van der Waals surface area (Å²) in [6.07, 6.45) is 1.36. The van der Waals surface area contributed by atoms with Crippen LogP contribution in [0.2, 0.25) is 0 Å². The number of aryl methyl sites for hydroxylation is 1. The van der Waals surface area contributed by atoms with Gasteiger partial charge in [0, 0.05) is 24.1 Å². The summed E-state index contributed by atoms with van der Waals surface area (Å²) in [6.45, 7) is 11.0. The first-order chi connectivity index (χ1) is 17.5. The quantitative estimate of drug-likeness (QED) is 0.452. The van der Waals surface area contributed by atoms with E-state index in [0.29, 0.717) is 24.2 Å². The minimum atomic E-state index is -0.887. The molecule has 192 valence electrons. The Bertz CT molecular complexity index is 1340. The first-order valence-electron chi connectivity index (χ1n) is 12.9. The van der Waals surface area contributed by atoms with Crippen LogP contribution >= 0.6 is 0 Å². The molecular weight excluding hydrogens is 462 g/mol. The molecule has 0 spiro atoms. The number of fused-ring (bicyclic) bond motifs is 4. The van der Waals surface area contributed by atoms with Crippen molar-refractivity contribution in [2.75, 3.05) is 11.4 Å². The molecule has 3 aromatic rings. The van der Waals surface area contributed by atoms with E-state index in [4.69, 9.17) is 4.74 Å². The number of carbonyl (C=O) groups excluding carboxylic acids is 2. The van der Waals surface area contributed by atoms with Crippen molar-refractivity contribution < 1.29 is 14.3 Å². The predicted molar refractivity (Wildman–Crippen MR) is 146 cm³/mol. The molecule has 2 atom stereocenters. The van der Waals surface area contributed by atoms with Gasteiger partial charge in [0.1, 0.15) is 5.75 Å². The highest BCUT2D eigenvalue weighted by atomic mass is 16.5. The summed E-state index contributed by atoms with van der Waals surface area (Å²) in [5.74, 6) is 0.670. The van der Waals surface area contributed by atoms with Crippen LogP contribution in [0.3, 0.4) is 0 Å². The number of carbonyl (C=O) groups is 2. The van der Waals surface area contributed by atoms with Gasteiger partial charge in [-0.15, -0.1) is 0 Å². The van der Waals surface area contributed by atoms with Crippen LogP contribution in [0, 0.1) is 6.92 Å². The van der Waals surface area contributed by atoms with Crippen LogP contribution < -0.4 is 20.3 Å². The van der Waals surface area contributed by atoms with Gasteiger partial charge in [-0.05, 0) is 55.0 Å². The Labute approximate surface area is 219 Å². The Morgan fingerprint density at radius 1 is 1.11 bits per heavy atom. The Morgan fingerprint density at radius 3 is 2.57 bits per heavy atom. The number of nitrogens with one attached hydrogen (secondary N) is 2. The summed E-state index contributed by atoms with van der Waals surface area (Å²) < 4.78 is 6.67. The number of urea groups is 1. The summed E-state index contributed by atoms with van der Waals surface area (Å²) in [5, 5.41) is 6.17. The van der Waals surface area contributed by atoms with Crippen molar-refractivity contribution in [1.29, 1.82) is 0 Å². The van der Waals surface area contributed by atoms with Gasteiger partial charge < -0.3 is 15.4 Å². The molecule has 2 heterocycles. The summed E-state index contributed by atoms with van der Waals surface area (Å²) in [5.41, 5.74) is 4.65. The fraction of sp³-hybridized carbons (Fsp3) is 0.355. The molecule has 0 saturated carbocycles. The van der Waals surface area contributed by atoms with Gasteiger partial charge in [0.15, 0.2) is 5.72 Å². The molecule has 3 aromatic carbocycles. The minimum absolute atomic E-state index is 0.112. The molecule has 0 aliphatic carbocycles. The largest absolute Gasteiger partial charge is 0.467 e. The molecule has 3 amide bonds. The van der Waals surface area contributed by atoms with E-state index in [2.05, 4.69) is 68.7 Å². The van der Waals surface area contributed by atoms with Crippen LogP contribution in [0.15, 0.2) is 66.7 Å². The smallest absolute Gasteiger partial charge is 0.325 e. The van der Waals surface area contributed by atoms with E-state index in [0.717, 1.165) is 23.3 Å². The van der Waals surface area contributed by atoms with Crippen LogP contribution in [-0.2, 0) is 11.8 Å². The second kappa shape index (κ2) is 9.25. The van der Waals surface area contributed by atoms with E-state index in [1.54, 1.807) is 17.0 Å². The number of nitrogens with zero attached hydrogens (tertiary/aromatic N) is 1. The lowest BCUT2D eigenvalue weighted by atomic mass is 9.81. The molecule has 1 saturated heterocycles. The third-order valence-corrected chi connectivity index (χ3v) is 7.29. The summed E-state index contributed by atoms with van der Waals surface area (Å²) in [6, 6.07) is 21.3. The average molecular weight is 498 g/mol. The third-order valence-electron chi connectivity index (χ3n) is 7.29. The number of anilines is 1. The van der Waals surface area contributed by atoms with Crippen molar-refractivity contribution >= 4 is 17.6 Å². The summed E-state index contributed by atoms with van der Waals surface area (Å²) in [4.78, 5) is 28.0. The number of amides is 3. The number of benzene rings is 3. The second-order valence-electron chi connectivity index (χ2n) is 11.3. The normalized spacial score (nSPS) is 20.5. The molecule has 5 rings (SSSR count). The first kappa shape index (κ1) is 24.9. The van der Waals surface area contributed by atoms with Gasteiger partial charge in [-0.1, -0.05) is 74.9 Å². The zero-order chi connectivity index (χ0) is 26.4. The van der Waals surface area contributed by atoms with Crippen molar-refractivity contribution in [1.82, 2.24) is 10.6 Å². The number of hydrogen-bond acceptors (Lipinski definition) is 3. The summed E-state index contributed by atoms with van der Waals surface area (Å²) >= 11 is 0. The maximum Gasteiger partial charge on any atom is 0.325 e. The van der Waals surface area contributed by atoms with Crippen molar-refractivity contribution in [3.63, 3.8) is 0 Å². The van der Waals surface area contributed by atoms with Crippen molar-refractivity contribution in [3.8, 4) is 5.75 Å². The van der Waals surface area contributed by atoms with Gasteiger partial charge in [0.25, 0.3) is 5.91 Å². The molecule has 2 aliphatic heterocycles. The summed E-state index contributed by atoms with van der Waals surface area (Å²) in [7, 11) is 0. The molecular formula is C31H35N3O3. The SMILES string of the molecule is Cc1ccc(CCNC(=O)c2cccc(N3C(=O)NC4C[C@@]3(C)Oc3c4cccc3C(C)(C)C)c2)cc1. The van der Waals surface area contributed by atoms with E-state index >= 15 is 0 Å². The van der Waals surface area contributed by atoms with E-state index < -0.39 is 5.72 Å². The zero-order valence-electron chi connectivity index (χ0n) is 22.2. The molecule has 0 aromatic heterocycles.